The third-order valence-corrected chi connectivity index (χ3v) is 2.82. The maximum Gasteiger partial charge on any atom is 0.228 e. The van der Waals surface area contributed by atoms with E-state index in [9.17, 15) is 5.11 Å². The molecule has 7 nitrogen and oxygen atoms in total. The highest BCUT2D eigenvalue weighted by Gasteiger charge is 2.07. The van der Waals surface area contributed by atoms with Crippen molar-refractivity contribution in [3.63, 3.8) is 0 Å². The number of phenolic OH excluding ortho intramolecular Hbond substituents is 1. The largest absolute Gasteiger partial charge is 0.508 e. The molecule has 0 bridgehead atoms. The lowest BCUT2D eigenvalue weighted by Crippen LogP contribution is -2.17. The van der Waals surface area contributed by atoms with Crippen LogP contribution in [0.4, 0.5) is 17.6 Å². The number of phenols is 1. The van der Waals surface area contributed by atoms with E-state index in [1.54, 1.807) is 24.4 Å². The molecule has 0 radical (unpaired) electrons. The molecule has 2 N–H and O–H groups in total. The number of benzene rings is 1. The van der Waals surface area contributed by atoms with Gasteiger partial charge in [0, 0.05) is 34.3 Å². The van der Waals surface area contributed by atoms with Crippen LogP contribution in [0.25, 0.3) is 0 Å². The normalized spacial score (nSPS) is 10.7. The minimum Gasteiger partial charge on any atom is -0.508 e. The zero-order chi connectivity index (χ0) is 16.1. The highest BCUT2D eigenvalue weighted by molar-refractivity contribution is 5.80. The number of hydrazone groups is 1. The third kappa shape index (κ3) is 4.08. The molecule has 0 unspecified atom stereocenters. The van der Waals surface area contributed by atoms with Gasteiger partial charge in [0.15, 0.2) is 5.82 Å². The molecular weight excluding hydrogens is 280 g/mol. The van der Waals surface area contributed by atoms with E-state index in [4.69, 9.17) is 0 Å². The van der Waals surface area contributed by atoms with Crippen LogP contribution in [0.2, 0.25) is 0 Å². The van der Waals surface area contributed by atoms with E-state index >= 15 is 0 Å². The van der Waals surface area contributed by atoms with Gasteiger partial charge in [-0.05, 0) is 17.7 Å². The molecule has 1 heterocycles. The van der Waals surface area contributed by atoms with E-state index in [1.807, 2.05) is 50.1 Å². The van der Waals surface area contributed by atoms with Gasteiger partial charge in [0.2, 0.25) is 5.95 Å². The second-order valence-electron chi connectivity index (χ2n) is 5.17. The maximum absolute atomic E-state index is 9.41. The zero-order valence-corrected chi connectivity index (χ0v) is 13.1. The first-order chi connectivity index (χ1) is 10.5. The van der Waals surface area contributed by atoms with E-state index in [0.29, 0.717) is 11.8 Å². The lowest BCUT2D eigenvalue weighted by Gasteiger charge is -2.16. The fourth-order valence-electron chi connectivity index (χ4n) is 1.69. The average Bonchev–Trinajstić information content (AvgIpc) is 2.47. The topological polar surface area (TPSA) is 76.9 Å². The van der Waals surface area contributed by atoms with Crippen LogP contribution in [0.1, 0.15) is 5.56 Å². The Kier molecular flexibility index (Phi) is 4.77. The summed E-state index contributed by atoms with van der Waals surface area (Å²) < 4.78 is 0. The van der Waals surface area contributed by atoms with Crippen molar-refractivity contribution in [1.82, 2.24) is 9.97 Å². The van der Waals surface area contributed by atoms with Gasteiger partial charge in [0.05, 0.1) is 6.21 Å². The van der Waals surface area contributed by atoms with Crippen LogP contribution in [0.15, 0.2) is 35.4 Å². The number of nitrogens with zero attached hydrogens (tertiary/aromatic N) is 5. The van der Waals surface area contributed by atoms with Gasteiger partial charge in [-0.2, -0.15) is 15.1 Å². The molecule has 0 saturated carbocycles. The van der Waals surface area contributed by atoms with Crippen LogP contribution in [-0.2, 0) is 0 Å². The predicted octanol–water partition coefficient (Wildman–Crippen LogP) is 1.76. The molecule has 0 aliphatic carbocycles. The summed E-state index contributed by atoms with van der Waals surface area (Å²) in [5.41, 5.74) is 3.68. The van der Waals surface area contributed by atoms with Gasteiger partial charge in [-0.25, -0.2) is 0 Å². The minimum absolute atomic E-state index is 0.204. The van der Waals surface area contributed by atoms with Crippen molar-refractivity contribution in [2.45, 2.75) is 0 Å². The first-order valence-electron chi connectivity index (χ1n) is 6.77. The summed E-state index contributed by atoms with van der Waals surface area (Å²) in [5, 5.41) is 13.6. The summed E-state index contributed by atoms with van der Waals surface area (Å²) >= 11 is 0. The van der Waals surface area contributed by atoms with Crippen LogP contribution in [0.3, 0.4) is 0 Å². The lowest BCUT2D eigenvalue weighted by atomic mass is 10.2. The summed E-state index contributed by atoms with van der Waals surface area (Å²) in [5.74, 6) is 2.18. The smallest absolute Gasteiger partial charge is 0.228 e. The molecule has 2 aromatic rings. The number of hydrogen-bond acceptors (Lipinski definition) is 7. The van der Waals surface area contributed by atoms with E-state index in [-0.39, 0.29) is 5.75 Å². The molecule has 2 rings (SSSR count). The standard InChI is InChI=1S/C15H20N6O/c1-20(2)14-9-13(17-15(18-14)21(3)4)19-16-10-11-6-5-7-12(22)8-11/h5-10,22H,1-4H3,(H,17,18,19)/b16-10+. The molecule has 7 heteroatoms. The van der Waals surface area contributed by atoms with E-state index < -0.39 is 0 Å². The van der Waals surface area contributed by atoms with Gasteiger partial charge in [-0.15, -0.1) is 0 Å². The number of anilines is 3. The van der Waals surface area contributed by atoms with Crippen LogP contribution >= 0.6 is 0 Å². The quantitative estimate of drug-likeness (QED) is 0.647. The van der Waals surface area contributed by atoms with Crippen LogP contribution in [0, 0.1) is 0 Å². The van der Waals surface area contributed by atoms with Gasteiger partial charge < -0.3 is 14.9 Å². The van der Waals surface area contributed by atoms with E-state index in [0.717, 1.165) is 11.4 Å². The maximum atomic E-state index is 9.41. The van der Waals surface area contributed by atoms with Gasteiger partial charge in [0.25, 0.3) is 0 Å². The molecule has 1 aromatic heterocycles. The van der Waals surface area contributed by atoms with Crippen molar-refractivity contribution in [3.05, 3.63) is 35.9 Å². The van der Waals surface area contributed by atoms with Crippen molar-refractivity contribution >= 4 is 23.8 Å². The Hall–Kier alpha value is -2.83. The Labute approximate surface area is 129 Å². The first kappa shape index (κ1) is 15.6. The monoisotopic (exact) mass is 300 g/mol. The molecule has 0 fully saturated rings. The molecule has 116 valence electrons. The molecule has 22 heavy (non-hydrogen) atoms. The molecule has 0 spiro atoms. The van der Waals surface area contributed by atoms with Gasteiger partial charge in [-0.3, -0.25) is 5.43 Å². The second kappa shape index (κ2) is 6.75. The number of hydrogen-bond donors (Lipinski definition) is 2. The lowest BCUT2D eigenvalue weighted by molar-refractivity contribution is 0.475. The Balaban J connectivity index is 2.18. The molecule has 0 aliphatic heterocycles. The van der Waals surface area contributed by atoms with Gasteiger partial charge in [-0.1, -0.05) is 12.1 Å². The summed E-state index contributed by atoms with van der Waals surface area (Å²) in [6, 6.07) is 8.66. The van der Waals surface area contributed by atoms with Crippen molar-refractivity contribution in [2.75, 3.05) is 43.4 Å². The Bertz CT molecular complexity index is 643. The number of aromatic nitrogens is 2. The molecule has 0 amide bonds. The predicted molar refractivity (Wildman–Crippen MR) is 90.0 cm³/mol. The zero-order valence-electron chi connectivity index (χ0n) is 13.1. The fourth-order valence-corrected chi connectivity index (χ4v) is 1.69. The van der Waals surface area contributed by atoms with E-state index in [1.165, 1.54) is 0 Å². The summed E-state index contributed by atoms with van der Waals surface area (Å²) in [4.78, 5) is 12.5. The number of nitrogens with one attached hydrogen (secondary N) is 1. The van der Waals surface area contributed by atoms with Crippen LogP contribution in [-0.4, -0.2) is 49.5 Å². The summed E-state index contributed by atoms with van der Waals surface area (Å²) in [6.07, 6.45) is 1.62. The van der Waals surface area contributed by atoms with Gasteiger partial charge in [0.1, 0.15) is 11.6 Å². The van der Waals surface area contributed by atoms with Crippen LogP contribution in [0.5, 0.6) is 5.75 Å². The van der Waals surface area contributed by atoms with Gasteiger partial charge >= 0.3 is 0 Å². The highest BCUT2D eigenvalue weighted by Crippen LogP contribution is 2.17. The Morgan fingerprint density at radius 2 is 1.86 bits per heavy atom. The fraction of sp³-hybridized carbons (Fsp3) is 0.267. The molecular formula is C15H20N6O. The SMILES string of the molecule is CN(C)c1cc(N/N=C/c2cccc(O)c2)nc(N(C)C)n1. The average molecular weight is 300 g/mol. The molecule has 0 aliphatic rings. The third-order valence-electron chi connectivity index (χ3n) is 2.82. The van der Waals surface area contributed by atoms with E-state index in [2.05, 4.69) is 20.5 Å². The van der Waals surface area contributed by atoms with Crippen LogP contribution < -0.4 is 15.2 Å². The van der Waals surface area contributed by atoms with Crippen molar-refractivity contribution in [3.8, 4) is 5.75 Å². The summed E-state index contributed by atoms with van der Waals surface area (Å²) in [7, 11) is 7.60. The van der Waals surface area contributed by atoms with Crippen molar-refractivity contribution in [1.29, 1.82) is 0 Å². The Morgan fingerprint density at radius 1 is 1.09 bits per heavy atom. The number of rotatable bonds is 5. The highest BCUT2D eigenvalue weighted by atomic mass is 16.3. The number of aromatic hydroxyl groups is 1. The second-order valence-corrected chi connectivity index (χ2v) is 5.17. The minimum atomic E-state index is 0.204. The molecule has 0 atom stereocenters. The molecule has 0 saturated heterocycles. The van der Waals surface area contributed by atoms with Crippen molar-refractivity contribution < 1.29 is 5.11 Å². The first-order valence-corrected chi connectivity index (χ1v) is 6.77. The Morgan fingerprint density at radius 3 is 2.50 bits per heavy atom. The summed E-state index contributed by atoms with van der Waals surface area (Å²) in [6.45, 7) is 0. The van der Waals surface area contributed by atoms with Crippen molar-refractivity contribution in [2.24, 2.45) is 5.10 Å². The molecule has 1 aromatic carbocycles.